The van der Waals surface area contributed by atoms with Crippen molar-refractivity contribution in [2.24, 2.45) is 0 Å². The molecule has 37 heavy (non-hydrogen) atoms. The summed E-state index contributed by atoms with van der Waals surface area (Å²) in [6.45, 7) is 13.2. The van der Waals surface area contributed by atoms with Crippen molar-refractivity contribution in [2.45, 2.75) is 0 Å². The summed E-state index contributed by atoms with van der Waals surface area (Å²) in [5.74, 6) is -4.47. The highest BCUT2D eigenvalue weighted by Gasteiger charge is 2.13. The maximum Gasteiger partial charge on any atom is 0.336 e. The smallest absolute Gasteiger partial charge is 0.336 e. The number of hydrogen-bond acceptors (Lipinski definition) is 10. The Hall–Kier alpha value is -5.51. The van der Waals surface area contributed by atoms with Crippen LogP contribution >= 0.6 is 0 Å². The van der Waals surface area contributed by atoms with Crippen LogP contribution in [-0.4, -0.2) is 29.8 Å². The van der Waals surface area contributed by atoms with E-state index < -0.39 is 29.8 Å². The Morgan fingerprint density at radius 1 is 0.514 bits per heavy atom. The summed E-state index contributed by atoms with van der Waals surface area (Å²) in [7, 11) is 0. The first-order valence-electron chi connectivity index (χ1n) is 10.2. The third-order valence-corrected chi connectivity index (χ3v) is 3.98. The van der Waals surface area contributed by atoms with Crippen LogP contribution in [0.2, 0.25) is 0 Å². The number of rotatable bonds is 11. The highest BCUT2D eigenvalue weighted by molar-refractivity contribution is 5.90. The van der Waals surface area contributed by atoms with Crippen molar-refractivity contribution >= 4 is 35.9 Å². The maximum atomic E-state index is 12.4. The van der Waals surface area contributed by atoms with Crippen molar-refractivity contribution in [1.82, 2.24) is 0 Å². The first-order chi connectivity index (χ1) is 17.7. The van der Waals surface area contributed by atoms with E-state index >= 15 is 0 Å². The largest absolute Gasteiger partial charge is 0.423 e. The van der Waals surface area contributed by atoms with Crippen molar-refractivity contribution in [3.05, 3.63) is 98.7 Å². The fourth-order valence-corrected chi connectivity index (χ4v) is 2.44. The molecule has 0 amide bonds. The van der Waals surface area contributed by atoms with Crippen LogP contribution < -0.4 is 23.7 Å². The van der Waals surface area contributed by atoms with Gasteiger partial charge in [-0.15, -0.1) is 0 Å². The van der Waals surface area contributed by atoms with Gasteiger partial charge in [-0.1, -0.05) is 32.4 Å². The van der Waals surface area contributed by atoms with Gasteiger partial charge in [0.25, 0.3) is 0 Å². The lowest BCUT2D eigenvalue weighted by Gasteiger charge is -2.10. The minimum absolute atomic E-state index is 0.0627. The number of hydrogen-bond donors (Lipinski definition) is 0. The van der Waals surface area contributed by atoms with Crippen molar-refractivity contribution in [3.63, 3.8) is 0 Å². The Kier molecular flexibility index (Phi) is 10.0. The quantitative estimate of drug-likeness (QED) is 0.254. The molecule has 0 spiro atoms. The predicted octanol–water partition coefficient (Wildman–Crippen LogP) is 3.67. The third kappa shape index (κ3) is 8.98. The number of carbonyl (C=O) groups is 5. The number of ether oxygens (including phenoxy) is 5. The van der Waals surface area contributed by atoms with Gasteiger partial charge in [0.15, 0.2) is 11.5 Å². The molecule has 0 fully saturated rings. The van der Waals surface area contributed by atoms with Crippen molar-refractivity contribution in [1.29, 1.82) is 0 Å². The minimum Gasteiger partial charge on any atom is -0.423 e. The Balaban J connectivity index is 2.27. The van der Waals surface area contributed by atoms with Gasteiger partial charge in [0, 0.05) is 48.6 Å². The maximum absolute atomic E-state index is 12.4. The van der Waals surface area contributed by atoms with E-state index in [9.17, 15) is 24.0 Å². The van der Waals surface area contributed by atoms with Gasteiger partial charge < -0.3 is 23.7 Å². The zero-order chi connectivity index (χ0) is 27.4. The van der Waals surface area contributed by atoms with Gasteiger partial charge in [0.2, 0.25) is 0 Å². The van der Waals surface area contributed by atoms with Gasteiger partial charge in [0.05, 0.1) is 0 Å². The Bertz CT molecular complexity index is 1280. The van der Waals surface area contributed by atoms with Crippen molar-refractivity contribution < 1.29 is 47.7 Å². The molecule has 0 heterocycles. The Morgan fingerprint density at radius 2 is 0.919 bits per heavy atom. The van der Waals surface area contributed by atoms with E-state index in [4.69, 9.17) is 23.7 Å². The van der Waals surface area contributed by atoms with Gasteiger partial charge in [-0.3, -0.25) is 0 Å². The van der Waals surface area contributed by atoms with Crippen LogP contribution in [0.4, 0.5) is 0 Å². The lowest BCUT2D eigenvalue weighted by atomic mass is 10.2. The van der Waals surface area contributed by atoms with E-state index in [0.29, 0.717) is 5.56 Å². The normalized spacial score (nSPS) is 9.95. The molecule has 0 aromatic heterocycles. The average Bonchev–Trinajstić information content (AvgIpc) is 2.88. The summed E-state index contributed by atoms with van der Waals surface area (Å²) in [6, 6.07) is 7.81. The first-order valence-corrected chi connectivity index (χ1v) is 10.2. The van der Waals surface area contributed by atoms with Crippen LogP contribution in [0.1, 0.15) is 5.56 Å². The molecule has 0 aliphatic rings. The fraction of sp³-hybridized carbons (Fsp3) is 0. The third-order valence-electron chi connectivity index (χ3n) is 3.98. The van der Waals surface area contributed by atoms with Gasteiger partial charge in [-0.05, 0) is 23.8 Å². The molecule has 10 heteroatoms. The molecule has 0 bridgehead atoms. The number of esters is 5. The summed E-state index contributed by atoms with van der Waals surface area (Å²) in [5, 5.41) is 0. The Morgan fingerprint density at radius 3 is 1.38 bits per heavy atom. The van der Waals surface area contributed by atoms with Crippen molar-refractivity contribution in [2.75, 3.05) is 0 Å². The topological polar surface area (TPSA) is 132 Å². The molecule has 2 rings (SSSR count). The van der Waals surface area contributed by atoms with E-state index in [0.717, 1.165) is 30.4 Å². The zero-order valence-electron chi connectivity index (χ0n) is 19.3. The molecule has 0 atom stereocenters. The molecule has 2 aromatic carbocycles. The van der Waals surface area contributed by atoms with Gasteiger partial charge in [0.1, 0.15) is 17.2 Å². The van der Waals surface area contributed by atoms with E-state index in [1.807, 2.05) is 0 Å². The summed E-state index contributed by atoms with van der Waals surface area (Å²) in [5.41, 5.74) is 0.372. The van der Waals surface area contributed by atoms with Crippen molar-refractivity contribution in [3.8, 4) is 28.7 Å². The fourth-order valence-electron chi connectivity index (χ4n) is 2.44. The van der Waals surface area contributed by atoms with Crippen LogP contribution in [-0.2, 0) is 24.0 Å². The molecular weight excluding hydrogens is 484 g/mol. The van der Waals surface area contributed by atoms with E-state index in [-0.39, 0.29) is 28.7 Å². The summed E-state index contributed by atoms with van der Waals surface area (Å²) in [6.07, 6.45) is 6.05. The summed E-state index contributed by atoms with van der Waals surface area (Å²) >= 11 is 0. The SMILES string of the molecule is C=CC(=O)Oc1cc(OC(=O)C=C)cc(OC(=O)/C=C/c2ccc(OC(=O)C=C)c(OC(=O)C=C)c2)c1. The highest BCUT2D eigenvalue weighted by atomic mass is 16.6. The number of carbonyl (C=O) groups excluding carboxylic acids is 5. The first kappa shape index (κ1) is 27.7. The lowest BCUT2D eigenvalue weighted by molar-refractivity contribution is -0.131. The molecule has 10 nitrogen and oxygen atoms in total. The lowest BCUT2D eigenvalue weighted by Crippen LogP contribution is -2.09. The molecular formula is C27H20O10. The molecule has 0 N–H and O–H groups in total. The van der Waals surface area contributed by atoms with E-state index in [1.54, 1.807) is 0 Å². The second-order valence-corrected chi connectivity index (χ2v) is 6.60. The number of benzene rings is 2. The van der Waals surface area contributed by atoms with E-state index in [2.05, 4.69) is 26.3 Å². The van der Waals surface area contributed by atoms with Gasteiger partial charge >= 0.3 is 29.8 Å². The molecule has 0 aliphatic heterocycles. The summed E-state index contributed by atoms with van der Waals surface area (Å²) < 4.78 is 25.3. The molecule has 0 aliphatic carbocycles. The molecule has 188 valence electrons. The van der Waals surface area contributed by atoms with Crippen LogP contribution in [0, 0.1) is 0 Å². The predicted molar refractivity (Wildman–Crippen MR) is 131 cm³/mol. The second-order valence-electron chi connectivity index (χ2n) is 6.60. The highest BCUT2D eigenvalue weighted by Crippen LogP contribution is 2.30. The second kappa shape index (κ2) is 13.4. The average molecular weight is 504 g/mol. The monoisotopic (exact) mass is 504 g/mol. The standard InChI is InChI=1S/C27H20O10/c1-5-23(28)33-18-14-19(34-24(29)6-2)16-20(15-18)35-27(32)12-10-17-9-11-21(36-25(30)7-3)22(13-17)37-26(31)8-4/h5-16H,1-4H2/b12-10+. The molecule has 0 saturated heterocycles. The van der Waals surface area contributed by atoms with E-state index in [1.165, 1.54) is 42.5 Å². The summed E-state index contributed by atoms with van der Waals surface area (Å²) in [4.78, 5) is 58.6. The van der Waals surface area contributed by atoms with Gasteiger partial charge in [-0.2, -0.15) is 0 Å². The minimum atomic E-state index is -0.861. The molecule has 0 unspecified atom stereocenters. The molecule has 0 saturated carbocycles. The molecule has 2 aromatic rings. The Labute approximate surface area is 211 Å². The van der Waals surface area contributed by atoms with Crippen LogP contribution in [0.15, 0.2) is 93.1 Å². The van der Waals surface area contributed by atoms with Crippen LogP contribution in [0.3, 0.4) is 0 Å². The van der Waals surface area contributed by atoms with Crippen LogP contribution in [0.5, 0.6) is 28.7 Å². The van der Waals surface area contributed by atoms with Crippen LogP contribution in [0.25, 0.3) is 6.08 Å². The molecule has 0 radical (unpaired) electrons. The van der Waals surface area contributed by atoms with Gasteiger partial charge in [-0.25, -0.2) is 24.0 Å². The zero-order valence-corrected chi connectivity index (χ0v) is 19.3.